The van der Waals surface area contributed by atoms with E-state index >= 15 is 0 Å². The highest BCUT2D eigenvalue weighted by Gasteiger charge is 2.17. The second kappa shape index (κ2) is 6.49. The molecule has 0 aromatic carbocycles. The van der Waals surface area contributed by atoms with Crippen molar-refractivity contribution in [3.63, 3.8) is 0 Å². The maximum atomic E-state index is 11.7. The fourth-order valence-electron chi connectivity index (χ4n) is 1.63. The minimum Gasteiger partial charge on any atom is -0.385 e. The first-order chi connectivity index (χ1) is 8.04. The molecule has 0 aliphatic rings. The molecule has 0 radical (unpaired) electrons. The molecular formula is C12H21N3O2. The van der Waals surface area contributed by atoms with Crippen LogP contribution in [0.3, 0.4) is 0 Å². The van der Waals surface area contributed by atoms with Gasteiger partial charge < -0.3 is 5.11 Å². The Morgan fingerprint density at radius 1 is 1.53 bits per heavy atom. The number of Topliss-reactive ketones (excluding diaryl/α,β-unsaturated/α-hetero) is 1. The molecule has 0 saturated carbocycles. The summed E-state index contributed by atoms with van der Waals surface area (Å²) >= 11 is 0. The maximum Gasteiger partial charge on any atom is 0.168 e. The molecule has 96 valence electrons. The number of aliphatic hydroxyl groups is 1. The van der Waals surface area contributed by atoms with Crippen LogP contribution in [0.4, 0.5) is 0 Å². The first-order valence-electron chi connectivity index (χ1n) is 6.12. The molecule has 1 unspecified atom stereocenters. The molecule has 1 N–H and O–H groups in total. The summed E-state index contributed by atoms with van der Waals surface area (Å²) in [4.78, 5) is 15.8. The van der Waals surface area contributed by atoms with Gasteiger partial charge in [-0.25, -0.2) is 9.67 Å². The van der Waals surface area contributed by atoms with E-state index in [2.05, 4.69) is 23.9 Å². The van der Waals surface area contributed by atoms with Crippen molar-refractivity contribution in [2.24, 2.45) is 5.92 Å². The highest BCUT2D eigenvalue weighted by atomic mass is 16.3. The molecule has 5 nitrogen and oxygen atoms in total. The SMILES string of the molecule is CCCC(O)C(=O)Cc1ncnn1CC(C)C. The van der Waals surface area contributed by atoms with Crippen molar-refractivity contribution >= 4 is 5.78 Å². The molecule has 0 saturated heterocycles. The van der Waals surface area contributed by atoms with Gasteiger partial charge in [0.25, 0.3) is 0 Å². The third-order valence-electron chi connectivity index (χ3n) is 2.50. The molecule has 0 bridgehead atoms. The third kappa shape index (κ3) is 4.26. The van der Waals surface area contributed by atoms with Crippen molar-refractivity contribution in [2.75, 3.05) is 0 Å². The molecule has 1 aromatic rings. The standard InChI is InChI=1S/C12H21N3O2/c1-4-5-10(16)11(17)6-12-13-8-14-15(12)7-9(2)3/h8-10,16H,4-7H2,1-3H3. The Kier molecular flexibility index (Phi) is 5.28. The zero-order chi connectivity index (χ0) is 12.8. The predicted molar refractivity (Wildman–Crippen MR) is 64.5 cm³/mol. The van der Waals surface area contributed by atoms with Crippen molar-refractivity contribution in [1.29, 1.82) is 0 Å². The maximum absolute atomic E-state index is 11.7. The largest absolute Gasteiger partial charge is 0.385 e. The van der Waals surface area contributed by atoms with Gasteiger partial charge in [0.2, 0.25) is 0 Å². The van der Waals surface area contributed by atoms with Gasteiger partial charge >= 0.3 is 0 Å². The lowest BCUT2D eigenvalue weighted by molar-refractivity contribution is -0.126. The van der Waals surface area contributed by atoms with Gasteiger partial charge in [-0.3, -0.25) is 4.79 Å². The molecule has 0 aliphatic heterocycles. The van der Waals surface area contributed by atoms with Gasteiger partial charge in [0.05, 0.1) is 6.42 Å². The van der Waals surface area contributed by atoms with Gasteiger partial charge in [0, 0.05) is 6.54 Å². The van der Waals surface area contributed by atoms with Crippen LogP contribution in [-0.2, 0) is 17.8 Å². The first kappa shape index (κ1) is 13.8. The quantitative estimate of drug-likeness (QED) is 0.776. The fourth-order valence-corrected chi connectivity index (χ4v) is 1.63. The molecule has 0 amide bonds. The van der Waals surface area contributed by atoms with Gasteiger partial charge in [0.15, 0.2) is 5.78 Å². The van der Waals surface area contributed by atoms with Gasteiger partial charge in [-0.05, 0) is 12.3 Å². The van der Waals surface area contributed by atoms with Crippen LogP contribution < -0.4 is 0 Å². The van der Waals surface area contributed by atoms with E-state index in [0.29, 0.717) is 18.2 Å². The number of carbonyl (C=O) groups excluding carboxylic acids is 1. The molecule has 1 heterocycles. The predicted octanol–water partition coefficient (Wildman–Crippen LogP) is 1.21. The van der Waals surface area contributed by atoms with E-state index in [0.717, 1.165) is 13.0 Å². The lowest BCUT2D eigenvalue weighted by atomic mass is 10.1. The highest BCUT2D eigenvalue weighted by molar-refractivity contribution is 5.84. The summed E-state index contributed by atoms with van der Waals surface area (Å²) in [6.07, 6.45) is 2.05. The van der Waals surface area contributed by atoms with Crippen LogP contribution >= 0.6 is 0 Å². The summed E-state index contributed by atoms with van der Waals surface area (Å²) in [6.45, 7) is 6.85. The van der Waals surface area contributed by atoms with Crippen molar-refractivity contribution in [3.05, 3.63) is 12.2 Å². The first-order valence-corrected chi connectivity index (χ1v) is 6.12. The number of aromatic nitrogens is 3. The summed E-state index contributed by atoms with van der Waals surface area (Å²) in [5, 5.41) is 13.7. The topological polar surface area (TPSA) is 68.0 Å². The van der Waals surface area contributed by atoms with E-state index in [9.17, 15) is 9.90 Å². The highest BCUT2D eigenvalue weighted by Crippen LogP contribution is 2.05. The zero-order valence-corrected chi connectivity index (χ0v) is 10.8. The third-order valence-corrected chi connectivity index (χ3v) is 2.50. The molecule has 0 aliphatic carbocycles. The minimum atomic E-state index is -0.871. The van der Waals surface area contributed by atoms with E-state index in [-0.39, 0.29) is 12.2 Å². The van der Waals surface area contributed by atoms with Crippen molar-refractivity contribution in [2.45, 2.75) is 52.7 Å². The molecule has 17 heavy (non-hydrogen) atoms. The van der Waals surface area contributed by atoms with Crippen LogP contribution in [0.15, 0.2) is 6.33 Å². The minimum absolute atomic E-state index is 0.161. The average molecular weight is 239 g/mol. The second-order valence-corrected chi connectivity index (χ2v) is 4.70. The molecule has 1 rings (SSSR count). The molecule has 5 heteroatoms. The van der Waals surface area contributed by atoms with Gasteiger partial charge in [-0.15, -0.1) is 0 Å². The lowest BCUT2D eigenvalue weighted by Crippen LogP contribution is -2.24. The summed E-state index contributed by atoms with van der Waals surface area (Å²) in [5.74, 6) is 0.912. The molecule has 0 fully saturated rings. The number of ketones is 1. The summed E-state index contributed by atoms with van der Waals surface area (Å²) in [6, 6.07) is 0. The Hall–Kier alpha value is -1.23. The monoisotopic (exact) mass is 239 g/mol. The van der Waals surface area contributed by atoms with Crippen molar-refractivity contribution in [3.8, 4) is 0 Å². The Bertz CT molecular complexity index is 360. The Balaban J connectivity index is 2.62. The van der Waals surface area contributed by atoms with E-state index in [1.54, 1.807) is 4.68 Å². The Labute approximate surface area is 102 Å². The van der Waals surface area contributed by atoms with E-state index < -0.39 is 6.10 Å². The number of hydrogen-bond donors (Lipinski definition) is 1. The van der Waals surface area contributed by atoms with Crippen molar-refractivity contribution in [1.82, 2.24) is 14.8 Å². The molecule has 0 spiro atoms. The van der Waals surface area contributed by atoms with Gasteiger partial charge in [0.1, 0.15) is 18.3 Å². The zero-order valence-electron chi connectivity index (χ0n) is 10.8. The lowest BCUT2D eigenvalue weighted by Gasteiger charge is -2.10. The molecule has 1 atom stereocenters. The van der Waals surface area contributed by atoms with E-state index in [4.69, 9.17) is 0 Å². The fraction of sp³-hybridized carbons (Fsp3) is 0.750. The van der Waals surface area contributed by atoms with E-state index in [1.165, 1.54) is 6.33 Å². The van der Waals surface area contributed by atoms with Crippen LogP contribution in [-0.4, -0.2) is 31.8 Å². The van der Waals surface area contributed by atoms with Crippen LogP contribution in [0.2, 0.25) is 0 Å². The van der Waals surface area contributed by atoms with Crippen LogP contribution in [0.1, 0.15) is 39.4 Å². The normalized spacial score (nSPS) is 13.0. The van der Waals surface area contributed by atoms with Gasteiger partial charge in [-0.1, -0.05) is 27.2 Å². The average Bonchev–Trinajstić information content (AvgIpc) is 2.65. The van der Waals surface area contributed by atoms with Crippen LogP contribution in [0.5, 0.6) is 0 Å². The summed E-state index contributed by atoms with van der Waals surface area (Å²) in [7, 11) is 0. The van der Waals surface area contributed by atoms with Gasteiger partial charge in [-0.2, -0.15) is 5.10 Å². The van der Waals surface area contributed by atoms with Crippen LogP contribution in [0.25, 0.3) is 0 Å². The number of rotatable bonds is 7. The molecule has 1 aromatic heterocycles. The molecular weight excluding hydrogens is 218 g/mol. The number of hydrogen-bond acceptors (Lipinski definition) is 4. The second-order valence-electron chi connectivity index (χ2n) is 4.70. The smallest absolute Gasteiger partial charge is 0.168 e. The summed E-state index contributed by atoms with van der Waals surface area (Å²) < 4.78 is 1.74. The Morgan fingerprint density at radius 3 is 2.82 bits per heavy atom. The number of nitrogens with zero attached hydrogens (tertiary/aromatic N) is 3. The number of aliphatic hydroxyl groups excluding tert-OH is 1. The Morgan fingerprint density at radius 2 is 2.24 bits per heavy atom. The van der Waals surface area contributed by atoms with Crippen LogP contribution in [0, 0.1) is 5.92 Å². The van der Waals surface area contributed by atoms with Crippen molar-refractivity contribution < 1.29 is 9.90 Å². The number of carbonyl (C=O) groups is 1. The van der Waals surface area contributed by atoms with E-state index in [1.807, 2.05) is 6.92 Å². The summed E-state index contributed by atoms with van der Waals surface area (Å²) in [5.41, 5.74) is 0.